The Labute approximate surface area is 141 Å². The van der Waals surface area contributed by atoms with Gasteiger partial charge in [0.25, 0.3) is 5.91 Å². The number of nitrogens with zero attached hydrogens (tertiary/aromatic N) is 2. The van der Waals surface area contributed by atoms with Gasteiger partial charge in [-0.1, -0.05) is 47.6 Å². The van der Waals surface area contributed by atoms with Gasteiger partial charge in [-0.15, -0.1) is 0 Å². The zero-order valence-electron chi connectivity index (χ0n) is 13.9. The zero-order valence-corrected chi connectivity index (χ0v) is 13.9. The third-order valence-electron chi connectivity index (χ3n) is 4.01. The number of aryl methyl sites for hydroxylation is 1. The molecule has 0 bridgehead atoms. The fourth-order valence-corrected chi connectivity index (χ4v) is 2.77. The molecule has 0 unspecified atom stereocenters. The number of hydrogen-bond acceptors (Lipinski definition) is 4. The topological polar surface area (TPSA) is 55.6 Å². The smallest absolute Gasteiger partial charge is 0.292 e. The van der Waals surface area contributed by atoms with Crippen LogP contribution in [0.2, 0.25) is 0 Å². The third-order valence-corrected chi connectivity index (χ3v) is 4.01. The van der Waals surface area contributed by atoms with E-state index in [0.717, 1.165) is 25.0 Å². The molecule has 0 spiro atoms. The molecule has 1 aromatic carbocycles. The van der Waals surface area contributed by atoms with Gasteiger partial charge in [0.1, 0.15) is 0 Å². The van der Waals surface area contributed by atoms with Gasteiger partial charge in [0.15, 0.2) is 0 Å². The van der Waals surface area contributed by atoms with Crippen molar-refractivity contribution >= 4 is 12.0 Å². The van der Waals surface area contributed by atoms with Gasteiger partial charge in [0, 0.05) is 25.8 Å². The quantitative estimate of drug-likeness (QED) is 0.817. The number of benzene rings is 1. The van der Waals surface area contributed by atoms with Gasteiger partial charge in [-0.3, -0.25) is 4.79 Å². The van der Waals surface area contributed by atoms with Crippen LogP contribution < -0.4 is 0 Å². The van der Waals surface area contributed by atoms with E-state index >= 15 is 0 Å². The molecular weight excluding hydrogens is 304 g/mol. The molecule has 1 fully saturated rings. The molecule has 5 nitrogen and oxygen atoms in total. The lowest BCUT2D eigenvalue weighted by atomic mass is 10.2. The molecule has 0 aliphatic carbocycles. The summed E-state index contributed by atoms with van der Waals surface area (Å²) < 4.78 is 10.8. The van der Waals surface area contributed by atoms with E-state index in [1.807, 2.05) is 42.5 Å². The fourth-order valence-electron chi connectivity index (χ4n) is 2.77. The maximum atomic E-state index is 12.7. The summed E-state index contributed by atoms with van der Waals surface area (Å²) >= 11 is 0. The molecule has 126 valence electrons. The van der Waals surface area contributed by atoms with E-state index in [2.05, 4.69) is 5.16 Å². The molecule has 1 aliphatic heterocycles. The Kier molecular flexibility index (Phi) is 5.43. The van der Waals surface area contributed by atoms with Crippen molar-refractivity contribution in [1.29, 1.82) is 0 Å². The van der Waals surface area contributed by atoms with E-state index in [-0.39, 0.29) is 17.8 Å². The normalized spacial score (nSPS) is 17.5. The molecule has 1 aliphatic rings. The van der Waals surface area contributed by atoms with Crippen molar-refractivity contribution in [2.45, 2.75) is 25.9 Å². The Morgan fingerprint density at radius 2 is 2.21 bits per heavy atom. The van der Waals surface area contributed by atoms with Crippen molar-refractivity contribution in [2.24, 2.45) is 0 Å². The van der Waals surface area contributed by atoms with Crippen molar-refractivity contribution < 1.29 is 14.1 Å². The first-order valence-corrected chi connectivity index (χ1v) is 8.28. The summed E-state index contributed by atoms with van der Waals surface area (Å²) in [5.74, 6) is 0.127. The molecule has 2 aromatic rings. The molecule has 0 N–H and O–H groups in total. The Morgan fingerprint density at radius 1 is 1.38 bits per heavy atom. The van der Waals surface area contributed by atoms with Crippen molar-refractivity contribution in [2.75, 3.05) is 19.7 Å². The fraction of sp³-hybridized carbons (Fsp3) is 0.368. The number of ether oxygens (including phenoxy) is 1. The van der Waals surface area contributed by atoms with Crippen LogP contribution in [0.4, 0.5) is 0 Å². The number of amides is 1. The van der Waals surface area contributed by atoms with E-state index in [4.69, 9.17) is 9.26 Å². The number of carbonyl (C=O) groups excluding carboxylic acids is 1. The average Bonchev–Trinajstić information content (AvgIpc) is 3.26. The monoisotopic (exact) mass is 326 g/mol. The van der Waals surface area contributed by atoms with Crippen LogP contribution in [0.5, 0.6) is 0 Å². The minimum Gasteiger partial charge on any atom is -0.376 e. The Hall–Kier alpha value is -2.40. The second-order valence-electron chi connectivity index (χ2n) is 5.99. The highest BCUT2D eigenvalue weighted by molar-refractivity contribution is 5.91. The highest BCUT2D eigenvalue weighted by Crippen LogP contribution is 2.16. The molecular formula is C19H22N2O3. The Morgan fingerprint density at radius 3 is 2.88 bits per heavy atom. The number of carbonyl (C=O) groups is 1. The van der Waals surface area contributed by atoms with Gasteiger partial charge in [-0.05, 0) is 25.3 Å². The summed E-state index contributed by atoms with van der Waals surface area (Å²) in [6.07, 6.45) is 6.14. The highest BCUT2D eigenvalue weighted by atomic mass is 16.5. The van der Waals surface area contributed by atoms with Crippen molar-refractivity contribution in [3.8, 4) is 0 Å². The van der Waals surface area contributed by atoms with Crippen LogP contribution in [-0.4, -0.2) is 41.8 Å². The van der Waals surface area contributed by atoms with Gasteiger partial charge in [-0.25, -0.2) is 0 Å². The zero-order chi connectivity index (χ0) is 16.8. The second kappa shape index (κ2) is 7.93. The van der Waals surface area contributed by atoms with E-state index in [0.29, 0.717) is 18.8 Å². The average molecular weight is 326 g/mol. The van der Waals surface area contributed by atoms with Gasteiger partial charge >= 0.3 is 0 Å². The highest BCUT2D eigenvalue weighted by Gasteiger charge is 2.24. The van der Waals surface area contributed by atoms with E-state index in [1.165, 1.54) is 0 Å². The predicted octanol–water partition coefficient (Wildman–Crippen LogP) is 3.32. The van der Waals surface area contributed by atoms with Gasteiger partial charge < -0.3 is 14.2 Å². The second-order valence-corrected chi connectivity index (χ2v) is 5.99. The largest absolute Gasteiger partial charge is 0.376 e. The third kappa shape index (κ3) is 4.32. The molecule has 24 heavy (non-hydrogen) atoms. The molecule has 1 saturated heterocycles. The van der Waals surface area contributed by atoms with Crippen LogP contribution in [0.3, 0.4) is 0 Å². The minimum atomic E-state index is -0.149. The Balaban J connectivity index is 1.69. The number of rotatable bonds is 6. The lowest BCUT2D eigenvalue weighted by Gasteiger charge is -2.23. The maximum Gasteiger partial charge on any atom is 0.292 e. The summed E-state index contributed by atoms with van der Waals surface area (Å²) in [7, 11) is 0. The van der Waals surface area contributed by atoms with Crippen molar-refractivity contribution in [3.63, 3.8) is 0 Å². The molecule has 0 radical (unpaired) electrons. The van der Waals surface area contributed by atoms with E-state index < -0.39 is 0 Å². The number of hydrogen-bond donors (Lipinski definition) is 0. The summed E-state index contributed by atoms with van der Waals surface area (Å²) in [4.78, 5) is 14.5. The molecule has 5 heteroatoms. The van der Waals surface area contributed by atoms with Crippen molar-refractivity contribution in [3.05, 3.63) is 59.5 Å². The van der Waals surface area contributed by atoms with Crippen LogP contribution in [-0.2, 0) is 4.74 Å². The van der Waals surface area contributed by atoms with E-state index in [9.17, 15) is 4.79 Å². The molecule has 0 saturated carbocycles. The first-order chi connectivity index (χ1) is 11.7. The molecule has 1 amide bonds. The van der Waals surface area contributed by atoms with E-state index in [1.54, 1.807) is 17.9 Å². The number of aromatic nitrogens is 1. The summed E-state index contributed by atoms with van der Waals surface area (Å²) in [6, 6.07) is 11.7. The molecule has 1 aromatic heterocycles. The summed E-state index contributed by atoms with van der Waals surface area (Å²) in [5.41, 5.74) is 1.81. The summed E-state index contributed by atoms with van der Waals surface area (Å²) in [5, 5.41) is 3.81. The van der Waals surface area contributed by atoms with Crippen LogP contribution in [0.15, 0.2) is 47.0 Å². The minimum absolute atomic E-state index is 0.100. The summed E-state index contributed by atoms with van der Waals surface area (Å²) in [6.45, 7) is 3.65. The first kappa shape index (κ1) is 16.5. The molecule has 2 heterocycles. The van der Waals surface area contributed by atoms with Crippen molar-refractivity contribution in [1.82, 2.24) is 10.1 Å². The van der Waals surface area contributed by atoms with Gasteiger partial charge in [0.05, 0.1) is 11.8 Å². The maximum absolute atomic E-state index is 12.7. The molecule has 3 rings (SSSR count). The lowest BCUT2D eigenvalue weighted by molar-refractivity contribution is 0.0524. The standard InChI is InChI=1S/C19H22N2O3/c1-15-13-18(24-20-15)19(22)21(14-17-10-6-12-23-17)11-5-9-16-7-3-2-4-8-16/h2-5,7-9,13,17H,6,10-12,14H2,1H3/b9-5+/t17-/m0/s1. The lowest BCUT2D eigenvalue weighted by Crippen LogP contribution is -2.37. The Bertz CT molecular complexity index is 688. The first-order valence-electron chi connectivity index (χ1n) is 8.28. The molecule has 1 atom stereocenters. The van der Waals surface area contributed by atoms with Crippen LogP contribution in [0, 0.1) is 6.92 Å². The SMILES string of the molecule is Cc1cc(C(=O)N(C/C=C/c2ccccc2)C[C@@H]2CCCO2)on1. The van der Waals surface area contributed by atoms with Gasteiger partial charge in [-0.2, -0.15) is 0 Å². The predicted molar refractivity (Wildman–Crippen MR) is 91.6 cm³/mol. The van der Waals surface area contributed by atoms with Gasteiger partial charge in [0.2, 0.25) is 5.76 Å². The van der Waals surface area contributed by atoms with Crippen LogP contribution in [0.25, 0.3) is 6.08 Å². The van der Waals surface area contributed by atoms with Crippen LogP contribution in [0.1, 0.15) is 34.7 Å². The van der Waals surface area contributed by atoms with Crippen LogP contribution >= 0.6 is 0 Å².